The molecule has 1 saturated heterocycles. The summed E-state index contributed by atoms with van der Waals surface area (Å²) in [7, 11) is 1.63. The number of benzene rings is 1. The Bertz CT molecular complexity index is 490. The van der Waals surface area contributed by atoms with Crippen molar-refractivity contribution in [3.05, 3.63) is 28.2 Å². The van der Waals surface area contributed by atoms with Crippen LogP contribution in [0.2, 0.25) is 0 Å². The van der Waals surface area contributed by atoms with Crippen molar-refractivity contribution in [2.24, 2.45) is 5.73 Å². The van der Waals surface area contributed by atoms with Crippen molar-refractivity contribution in [1.82, 2.24) is 4.90 Å². The molecular formula is C14H19BrN2O2. The minimum Gasteiger partial charge on any atom is -0.497 e. The van der Waals surface area contributed by atoms with Gasteiger partial charge in [0.1, 0.15) is 5.75 Å². The summed E-state index contributed by atoms with van der Waals surface area (Å²) in [5, 5.41) is 0. The lowest BCUT2D eigenvalue weighted by Crippen LogP contribution is -2.37. The van der Waals surface area contributed by atoms with Gasteiger partial charge in [-0.05, 0) is 37.6 Å². The van der Waals surface area contributed by atoms with Gasteiger partial charge < -0.3 is 15.4 Å². The number of methoxy groups -OCH3 is 1. The van der Waals surface area contributed by atoms with E-state index in [1.165, 1.54) is 0 Å². The summed E-state index contributed by atoms with van der Waals surface area (Å²) < 4.78 is 6.21. The molecule has 0 radical (unpaired) electrons. The minimum absolute atomic E-state index is 0.100. The quantitative estimate of drug-likeness (QED) is 0.928. The Morgan fingerprint density at radius 2 is 2.16 bits per heavy atom. The third-order valence-corrected chi connectivity index (χ3v) is 4.20. The Balaban J connectivity index is 2.46. The zero-order valence-electron chi connectivity index (χ0n) is 11.4. The van der Waals surface area contributed by atoms with Gasteiger partial charge in [-0.15, -0.1) is 0 Å². The molecule has 0 aromatic heterocycles. The summed E-state index contributed by atoms with van der Waals surface area (Å²) in [6.45, 7) is 4.02. The third kappa shape index (κ3) is 2.62. The number of nitrogens with two attached hydrogens (primary N) is 1. The van der Waals surface area contributed by atoms with Crippen LogP contribution in [0.5, 0.6) is 5.75 Å². The van der Waals surface area contributed by atoms with E-state index in [0.717, 1.165) is 15.8 Å². The van der Waals surface area contributed by atoms with Crippen LogP contribution in [0.3, 0.4) is 0 Å². The predicted octanol–water partition coefficient (Wildman–Crippen LogP) is 2.47. The fraction of sp³-hybridized carbons (Fsp3) is 0.500. The van der Waals surface area contributed by atoms with E-state index in [-0.39, 0.29) is 24.0 Å². The lowest BCUT2D eigenvalue weighted by molar-refractivity contribution is -0.130. The van der Waals surface area contributed by atoms with E-state index in [0.29, 0.717) is 6.42 Å². The highest BCUT2D eigenvalue weighted by Gasteiger charge is 2.40. The maximum absolute atomic E-state index is 12.1. The van der Waals surface area contributed by atoms with Crippen molar-refractivity contribution in [2.45, 2.75) is 38.4 Å². The van der Waals surface area contributed by atoms with Crippen LogP contribution < -0.4 is 10.5 Å². The van der Waals surface area contributed by atoms with E-state index < -0.39 is 0 Å². The molecule has 19 heavy (non-hydrogen) atoms. The first-order valence-corrected chi connectivity index (χ1v) is 7.15. The molecule has 5 heteroatoms. The Hall–Kier alpha value is -1.07. The normalized spacial score (nSPS) is 23.3. The Morgan fingerprint density at radius 1 is 1.47 bits per heavy atom. The van der Waals surface area contributed by atoms with Crippen LogP contribution in [-0.4, -0.2) is 30.0 Å². The summed E-state index contributed by atoms with van der Waals surface area (Å²) in [6.07, 6.45) is 0.395. The number of nitrogens with zero attached hydrogens (tertiary/aromatic N) is 1. The van der Waals surface area contributed by atoms with E-state index in [4.69, 9.17) is 10.5 Å². The number of likely N-dealkylation sites (tertiary alicyclic amines) is 1. The molecule has 1 aromatic carbocycles. The molecule has 2 atom stereocenters. The van der Waals surface area contributed by atoms with Gasteiger partial charge in [0.05, 0.1) is 13.2 Å². The SMILES string of the molecule is COc1ccc(Br)c(C2C(N)CC(=O)N2C(C)C)c1. The molecular weight excluding hydrogens is 308 g/mol. The molecule has 1 aromatic rings. The van der Waals surface area contributed by atoms with Crippen molar-refractivity contribution in [2.75, 3.05) is 7.11 Å². The van der Waals surface area contributed by atoms with E-state index in [9.17, 15) is 4.79 Å². The van der Waals surface area contributed by atoms with Gasteiger partial charge in [0, 0.05) is 23.0 Å². The fourth-order valence-electron chi connectivity index (χ4n) is 2.65. The van der Waals surface area contributed by atoms with Gasteiger partial charge in [-0.1, -0.05) is 15.9 Å². The Labute approximate surface area is 122 Å². The van der Waals surface area contributed by atoms with Crippen molar-refractivity contribution in [1.29, 1.82) is 0 Å². The largest absolute Gasteiger partial charge is 0.497 e. The maximum atomic E-state index is 12.1. The smallest absolute Gasteiger partial charge is 0.225 e. The molecule has 0 spiro atoms. The zero-order chi connectivity index (χ0) is 14.2. The predicted molar refractivity (Wildman–Crippen MR) is 78.0 cm³/mol. The molecule has 0 saturated carbocycles. The molecule has 2 unspecified atom stereocenters. The van der Waals surface area contributed by atoms with Crippen molar-refractivity contribution in [3.8, 4) is 5.75 Å². The second kappa shape index (κ2) is 5.51. The average Bonchev–Trinajstić information content (AvgIpc) is 2.65. The second-order valence-electron chi connectivity index (χ2n) is 5.10. The minimum atomic E-state index is -0.182. The number of ether oxygens (including phenoxy) is 1. The van der Waals surface area contributed by atoms with Crippen LogP contribution in [0.1, 0.15) is 31.9 Å². The van der Waals surface area contributed by atoms with Gasteiger partial charge in [0.25, 0.3) is 0 Å². The average molecular weight is 327 g/mol. The molecule has 2 rings (SSSR count). The number of hydrogen-bond donors (Lipinski definition) is 1. The summed E-state index contributed by atoms with van der Waals surface area (Å²) in [5.41, 5.74) is 7.17. The first kappa shape index (κ1) is 14.3. The number of carbonyl (C=O) groups excluding carboxylic acids is 1. The lowest BCUT2D eigenvalue weighted by Gasteiger charge is -2.31. The van der Waals surface area contributed by atoms with Gasteiger partial charge >= 0.3 is 0 Å². The van der Waals surface area contributed by atoms with E-state index in [1.807, 2.05) is 36.9 Å². The van der Waals surface area contributed by atoms with Crippen LogP contribution in [0.15, 0.2) is 22.7 Å². The number of halogens is 1. The van der Waals surface area contributed by atoms with E-state index in [2.05, 4.69) is 15.9 Å². The highest BCUT2D eigenvalue weighted by atomic mass is 79.9. The molecule has 0 bridgehead atoms. The maximum Gasteiger partial charge on any atom is 0.225 e. The molecule has 0 aliphatic carbocycles. The summed E-state index contributed by atoms with van der Waals surface area (Å²) in [6, 6.07) is 5.61. The fourth-order valence-corrected chi connectivity index (χ4v) is 3.13. The van der Waals surface area contributed by atoms with Gasteiger partial charge in [0.15, 0.2) is 0 Å². The first-order chi connectivity index (χ1) is 8.95. The first-order valence-electron chi connectivity index (χ1n) is 6.36. The Morgan fingerprint density at radius 3 is 2.74 bits per heavy atom. The topological polar surface area (TPSA) is 55.6 Å². The number of carbonyl (C=O) groups is 1. The standard InChI is InChI=1S/C14H19BrN2O2/c1-8(2)17-13(18)7-12(16)14(17)10-6-9(19-3)4-5-11(10)15/h4-6,8,12,14H,7,16H2,1-3H3. The van der Waals surface area contributed by atoms with Crippen molar-refractivity contribution >= 4 is 21.8 Å². The summed E-state index contributed by atoms with van der Waals surface area (Å²) in [4.78, 5) is 13.9. The monoisotopic (exact) mass is 326 g/mol. The van der Waals surface area contributed by atoms with Crippen LogP contribution >= 0.6 is 15.9 Å². The number of rotatable bonds is 3. The molecule has 1 aliphatic rings. The van der Waals surface area contributed by atoms with Crippen LogP contribution in [-0.2, 0) is 4.79 Å². The highest BCUT2D eigenvalue weighted by Crippen LogP contribution is 2.38. The van der Waals surface area contributed by atoms with Gasteiger partial charge in [0.2, 0.25) is 5.91 Å². The van der Waals surface area contributed by atoms with Gasteiger partial charge in [-0.3, -0.25) is 4.79 Å². The highest BCUT2D eigenvalue weighted by molar-refractivity contribution is 9.10. The van der Waals surface area contributed by atoms with Crippen LogP contribution in [0.4, 0.5) is 0 Å². The van der Waals surface area contributed by atoms with E-state index in [1.54, 1.807) is 7.11 Å². The molecule has 2 N–H and O–H groups in total. The molecule has 1 heterocycles. The third-order valence-electron chi connectivity index (χ3n) is 3.48. The second-order valence-corrected chi connectivity index (χ2v) is 5.95. The lowest BCUT2D eigenvalue weighted by atomic mass is 10.00. The van der Waals surface area contributed by atoms with E-state index >= 15 is 0 Å². The van der Waals surface area contributed by atoms with Crippen molar-refractivity contribution in [3.63, 3.8) is 0 Å². The molecule has 104 valence electrons. The van der Waals surface area contributed by atoms with Gasteiger partial charge in [-0.25, -0.2) is 0 Å². The summed E-state index contributed by atoms with van der Waals surface area (Å²) in [5.74, 6) is 0.885. The van der Waals surface area contributed by atoms with Crippen molar-refractivity contribution < 1.29 is 9.53 Å². The molecule has 1 amide bonds. The Kier molecular flexibility index (Phi) is 4.16. The van der Waals surface area contributed by atoms with Crippen LogP contribution in [0, 0.1) is 0 Å². The molecule has 1 fully saturated rings. The number of hydrogen-bond acceptors (Lipinski definition) is 3. The number of amides is 1. The zero-order valence-corrected chi connectivity index (χ0v) is 13.0. The molecule has 1 aliphatic heterocycles. The van der Waals surface area contributed by atoms with Gasteiger partial charge in [-0.2, -0.15) is 0 Å². The van der Waals surface area contributed by atoms with Crippen LogP contribution in [0.25, 0.3) is 0 Å². The summed E-state index contributed by atoms with van der Waals surface area (Å²) >= 11 is 3.54. The molecule has 4 nitrogen and oxygen atoms in total.